The summed E-state index contributed by atoms with van der Waals surface area (Å²) in [6.07, 6.45) is 0. The van der Waals surface area contributed by atoms with Crippen LogP contribution in [0.4, 0.5) is 11.7 Å². The average molecular weight is 268 g/mol. The maximum absolute atomic E-state index is 11.5. The van der Waals surface area contributed by atoms with Crippen molar-refractivity contribution in [1.82, 2.24) is 4.98 Å². The van der Waals surface area contributed by atoms with Crippen LogP contribution in [0, 0.1) is 0 Å². The first kappa shape index (κ1) is 12.7. The molecule has 1 unspecified atom stereocenters. The van der Waals surface area contributed by atoms with Gasteiger partial charge in [0.05, 0.1) is 0 Å². The minimum atomic E-state index is -0.574. The first-order chi connectivity index (χ1) is 8.47. The van der Waals surface area contributed by atoms with Crippen LogP contribution in [-0.2, 0) is 4.79 Å². The zero-order valence-electron chi connectivity index (χ0n) is 10.4. The predicted octanol–water partition coefficient (Wildman–Crippen LogP) is 2.46. The van der Waals surface area contributed by atoms with Gasteiger partial charge in [-0.05, 0) is 25.1 Å². The van der Waals surface area contributed by atoms with Crippen LogP contribution < -0.4 is 10.2 Å². The van der Waals surface area contributed by atoms with E-state index in [2.05, 4.69) is 10.3 Å². The minimum Gasteiger partial charge on any atom is -0.423 e. The van der Waals surface area contributed by atoms with E-state index in [1.54, 1.807) is 30.0 Å². The van der Waals surface area contributed by atoms with Gasteiger partial charge in [-0.2, -0.15) is 4.98 Å². The number of alkyl halides is 1. The summed E-state index contributed by atoms with van der Waals surface area (Å²) in [5, 5.41) is 2.13. The first-order valence-corrected chi connectivity index (χ1v) is 5.94. The van der Waals surface area contributed by atoms with Crippen molar-refractivity contribution in [3.8, 4) is 0 Å². The van der Waals surface area contributed by atoms with Crippen LogP contribution in [-0.4, -0.2) is 30.4 Å². The molecule has 0 spiro atoms. The third kappa shape index (κ3) is 2.56. The SMILES string of the molecule is CC(Cl)C(=O)Nc1ccc2oc(N(C)C)nc2c1. The molecule has 1 aromatic heterocycles. The molecular formula is C12H14ClN3O2. The molecule has 18 heavy (non-hydrogen) atoms. The molecule has 1 amide bonds. The largest absolute Gasteiger partial charge is 0.423 e. The van der Waals surface area contributed by atoms with Crippen molar-refractivity contribution in [1.29, 1.82) is 0 Å². The standard InChI is InChI=1S/C12H14ClN3O2/c1-7(13)11(17)14-8-4-5-10-9(6-8)15-12(18-10)16(2)3/h4-7H,1-3H3,(H,14,17). The molecule has 2 rings (SSSR count). The lowest BCUT2D eigenvalue weighted by Gasteiger charge is -2.05. The monoisotopic (exact) mass is 267 g/mol. The Morgan fingerprint density at radius 2 is 2.22 bits per heavy atom. The fourth-order valence-electron chi connectivity index (χ4n) is 1.43. The Bertz CT molecular complexity index is 578. The highest BCUT2D eigenvalue weighted by molar-refractivity contribution is 6.32. The Morgan fingerprint density at radius 1 is 1.50 bits per heavy atom. The van der Waals surface area contributed by atoms with Crippen LogP contribution in [0.1, 0.15) is 6.92 Å². The second kappa shape index (κ2) is 4.86. The number of oxazole rings is 1. The number of fused-ring (bicyclic) bond motifs is 1. The Morgan fingerprint density at radius 3 is 2.83 bits per heavy atom. The summed E-state index contributed by atoms with van der Waals surface area (Å²) in [7, 11) is 3.70. The van der Waals surface area contributed by atoms with E-state index in [0.29, 0.717) is 22.8 Å². The highest BCUT2D eigenvalue weighted by Crippen LogP contribution is 2.23. The van der Waals surface area contributed by atoms with Gasteiger partial charge in [0.15, 0.2) is 5.58 Å². The summed E-state index contributed by atoms with van der Waals surface area (Å²) >= 11 is 5.69. The maximum Gasteiger partial charge on any atom is 0.297 e. The number of amides is 1. The number of hydrogen-bond acceptors (Lipinski definition) is 4. The van der Waals surface area contributed by atoms with Gasteiger partial charge >= 0.3 is 0 Å². The van der Waals surface area contributed by atoms with Crippen LogP contribution in [0.2, 0.25) is 0 Å². The van der Waals surface area contributed by atoms with Gasteiger partial charge in [0.1, 0.15) is 10.9 Å². The van der Waals surface area contributed by atoms with Crippen molar-refractivity contribution >= 4 is 40.3 Å². The van der Waals surface area contributed by atoms with Crippen molar-refractivity contribution in [3.63, 3.8) is 0 Å². The lowest BCUT2D eigenvalue weighted by atomic mass is 10.3. The normalized spacial score (nSPS) is 12.4. The molecule has 0 aliphatic rings. The first-order valence-electron chi connectivity index (χ1n) is 5.50. The van der Waals surface area contributed by atoms with Gasteiger partial charge in [0.2, 0.25) is 5.91 Å². The smallest absolute Gasteiger partial charge is 0.297 e. The number of halogens is 1. The van der Waals surface area contributed by atoms with E-state index in [1.807, 2.05) is 14.1 Å². The molecule has 0 radical (unpaired) electrons. The summed E-state index contributed by atoms with van der Waals surface area (Å²) in [6.45, 7) is 1.62. The molecule has 0 saturated heterocycles. The molecule has 6 heteroatoms. The number of anilines is 2. The quantitative estimate of drug-likeness (QED) is 0.868. The Hall–Kier alpha value is -1.75. The average Bonchev–Trinajstić information content (AvgIpc) is 2.71. The van der Waals surface area contributed by atoms with Crippen molar-refractivity contribution in [2.24, 2.45) is 0 Å². The number of aromatic nitrogens is 1. The fraction of sp³-hybridized carbons (Fsp3) is 0.333. The number of rotatable bonds is 3. The molecule has 96 valence electrons. The second-order valence-corrected chi connectivity index (χ2v) is 4.83. The van der Waals surface area contributed by atoms with Crippen molar-refractivity contribution in [3.05, 3.63) is 18.2 Å². The summed E-state index contributed by atoms with van der Waals surface area (Å²) in [5.74, 6) is -0.243. The molecule has 1 heterocycles. The zero-order chi connectivity index (χ0) is 13.3. The molecule has 1 aromatic carbocycles. The Labute approximate surface area is 110 Å². The second-order valence-electron chi connectivity index (χ2n) is 4.18. The van der Waals surface area contributed by atoms with Gasteiger partial charge in [-0.1, -0.05) is 0 Å². The number of carbonyl (C=O) groups is 1. The number of carbonyl (C=O) groups excluding carboxylic acids is 1. The Balaban J connectivity index is 2.29. The zero-order valence-corrected chi connectivity index (χ0v) is 11.2. The van der Waals surface area contributed by atoms with Crippen LogP contribution >= 0.6 is 11.6 Å². The molecule has 1 N–H and O–H groups in total. The van der Waals surface area contributed by atoms with E-state index in [-0.39, 0.29) is 5.91 Å². The van der Waals surface area contributed by atoms with Gasteiger partial charge in [0.25, 0.3) is 6.01 Å². The van der Waals surface area contributed by atoms with Crippen molar-refractivity contribution in [2.75, 3.05) is 24.3 Å². The van der Waals surface area contributed by atoms with E-state index >= 15 is 0 Å². The van der Waals surface area contributed by atoms with Crippen LogP contribution in [0.15, 0.2) is 22.6 Å². The molecule has 0 aliphatic carbocycles. The van der Waals surface area contributed by atoms with Gasteiger partial charge in [0, 0.05) is 19.8 Å². The third-order valence-electron chi connectivity index (χ3n) is 2.39. The topological polar surface area (TPSA) is 58.4 Å². The molecule has 0 fully saturated rings. The summed E-state index contributed by atoms with van der Waals surface area (Å²) in [6, 6.07) is 5.80. The fourth-order valence-corrected chi connectivity index (χ4v) is 1.48. The van der Waals surface area contributed by atoms with E-state index in [1.165, 1.54) is 0 Å². The van der Waals surface area contributed by atoms with Crippen molar-refractivity contribution in [2.45, 2.75) is 12.3 Å². The third-order valence-corrected chi connectivity index (χ3v) is 2.59. The maximum atomic E-state index is 11.5. The number of nitrogens with one attached hydrogen (secondary N) is 1. The molecule has 2 aromatic rings. The van der Waals surface area contributed by atoms with E-state index in [4.69, 9.17) is 16.0 Å². The summed E-state index contributed by atoms with van der Waals surface area (Å²) in [4.78, 5) is 17.5. The number of nitrogens with zero attached hydrogens (tertiary/aromatic N) is 2. The van der Waals surface area contributed by atoms with Crippen LogP contribution in [0.5, 0.6) is 0 Å². The molecule has 0 aliphatic heterocycles. The minimum absolute atomic E-state index is 0.243. The van der Waals surface area contributed by atoms with Gasteiger partial charge in [-0.15, -0.1) is 11.6 Å². The van der Waals surface area contributed by atoms with Gasteiger partial charge in [-0.25, -0.2) is 0 Å². The predicted molar refractivity (Wildman–Crippen MR) is 72.3 cm³/mol. The number of benzene rings is 1. The van der Waals surface area contributed by atoms with Crippen LogP contribution in [0.25, 0.3) is 11.1 Å². The lowest BCUT2D eigenvalue weighted by molar-refractivity contribution is -0.115. The molecule has 5 nitrogen and oxygen atoms in total. The summed E-state index contributed by atoms with van der Waals surface area (Å²) < 4.78 is 5.51. The van der Waals surface area contributed by atoms with E-state index in [0.717, 1.165) is 0 Å². The number of hydrogen-bond donors (Lipinski definition) is 1. The highest BCUT2D eigenvalue weighted by Gasteiger charge is 2.11. The molecule has 1 atom stereocenters. The van der Waals surface area contributed by atoms with Gasteiger partial charge < -0.3 is 14.6 Å². The van der Waals surface area contributed by atoms with E-state index in [9.17, 15) is 4.79 Å². The Kier molecular flexibility index (Phi) is 3.43. The summed E-state index contributed by atoms with van der Waals surface area (Å²) in [5.41, 5.74) is 2.02. The molecular weight excluding hydrogens is 254 g/mol. The van der Waals surface area contributed by atoms with Crippen molar-refractivity contribution < 1.29 is 9.21 Å². The molecule has 0 bridgehead atoms. The van der Waals surface area contributed by atoms with Crippen LogP contribution in [0.3, 0.4) is 0 Å². The highest BCUT2D eigenvalue weighted by atomic mass is 35.5. The lowest BCUT2D eigenvalue weighted by Crippen LogP contribution is -2.20. The van der Waals surface area contributed by atoms with Gasteiger partial charge in [-0.3, -0.25) is 4.79 Å². The molecule has 0 saturated carbocycles. The van der Waals surface area contributed by atoms with E-state index < -0.39 is 5.38 Å².